The zero-order valence-electron chi connectivity index (χ0n) is 15.5. The number of nitrogens with one attached hydrogen (secondary N) is 2. The molecule has 3 aromatic carbocycles. The fourth-order valence-electron chi connectivity index (χ4n) is 2.59. The number of anilines is 1. The molecule has 0 atom stereocenters. The van der Waals surface area contributed by atoms with Crippen LogP contribution in [0.4, 0.5) is 5.69 Å². The van der Waals surface area contributed by atoms with Gasteiger partial charge in [-0.25, -0.2) is 0 Å². The molecule has 0 bridgehead atoms. The summed E-state index contributed by atoms with van der Waals surface area (Å²) in [6, 6.07) is 19.2. The number of carbonyl (C=O) groups is 2. The molecule has 2 N–H and O–H groups in total. The van der Waals surface area contributed by atoms with E-state index in [0.717, 1.165) is 5.56 Å². The molecule has 0 saturated carbocycles. The molecule has 148 valence electrons. The van der Waals surface area contributed by atoms with Gasteiger partial charge < -0.3 is 15.4 Å². The van der Waals surface area contributed by atoms with E-state index in [1.54, 1.807) is 24.3 Å². The summed E-state index contributed by atoms with van der Waals surface area (Å²) in [6.45, 7) is 1.74. The number of aryl methyl sites for hydroxylation is 1. The van der Waals surface area contributed by atoms with Gasteiger partial charge >= 0.3 is 0 Å². The van der Waals surface area contributed by atoms with E-state index in [0.29, 0.717) is 22.2 Å². The van der Waals surface area contributed by atoms with Crippen LogP contribution in [0.15, 0.2) is 66.7 Å². The van der Waals surface area contributed by atoms with Crippen LogP contribution in [0.1, 0.15) is 15.9 Å². The number of ether oxygens (including phenoxy) is 1. The second kappa shape index (κ2) is 9.45. The average Bonchev–Trinajstić information content (AvgIpc) is 2.68. The predicted molar refractivity (Wildman–Crippen MR) is 115 cm³/mol. The normalized spacial score (nSPS) is 10.3. The van der Waals surface area contributed by atoms with Crippen molar-refractivity contribution in [3.8, 4) is 11.5 Å². The summed E-state index contributed by atoms with van der Waals surface area (Å²) < 4.78 is 5.88. The average molecular weight is 429 g/mol. The summed E-state index contributed by atoms with van der Waals surface area (Å²) in [5.41, 5.74) is 1.80. The maximum Gasteiger partial charge on any atom is 0.253 e. The molecule has 0 aliphatic rings. The number of benzene rings is 3. The Labute approximate surface area is 178 Å². The number of carbonyl (C=O) groups excluding carboxylic acids is 2. The van der Waals surface area contributed by atoms with E-state index in [1.807, 2.05) is 37.3 Å². The van der Waals surface area contributed by atoms with Gasteiger partial charge in [0.15, 0.2) is 5.75 Å². The van der Waals surface area contributed by atoms with Crippen LogP contribution < -0.4 is 15.4 Å². The van der Waals surface area contributed by atoms with Crippen LogP contribution in [0.2, 0.25) is 10.0 Å². The third kappa shape index (κ3) is 5.73. The number of hydrogen-bond donors (Lipinski definition) is 2. The molecule has 0 aromatic heterocycles. The standard InChI is InChI=1S/C22H18Cl2N2O3/c1-14-5-4-6-16(11-14)29-20-8-3-2-7-19(20)26-21(27)13-25-22(28)17-10-9-15(23)12-18(17)24/h2-12H,13H2,1H3,(H,25,28)(H,26,27). The predicted octanol–water partition coefficient (Wildman–Crippen LogP) is 5.46. The van der Waals surface area contributed by atoms with Crippen molar-refractivity contribution in [3.63, 3.8) is 0 Å². The van der Waals surface area contributed by atoms with Crippen molar-refractivity contribution in [2.75, 3.05) is 11.9 Å². The topological polar surface area (TPSA) is 67.4 Å². The van der Waals surface area contributed by atoms with Gasteiger partial charge in [0.1, 0.15) is 5.75 Å². The molecule has 0 spiro atoms. The highest BCUT2D eigenvalue weighted by Crippen LogP contribution is 2.29. The molecule has 2 amide bonds. The van der Waals surface area contributed by atoms with Crippen molar-refractivity contribution < 1.29 is 14.3 Å². The lowest BCUT2D eigenvalue weighted by Crippen LogP contribution is -2.33. The van der Waals surface area contributed by atoms with Crippen molar-refractivity contribution in [2.24, 2.45) is 0 Å². The van der Waals surface area contributed by atoms with Gasteiger partial charge in [-0.3, -0.25) is 9.59 Å². The van der Waals surface area contributed by atoms with Gasteiger partial charge in [0.2, 0.25) is 5.91 Å². The first kappa shape index (κ1) is 20.7. The van der Waals surface area contributed by atoms with E-state index in [4.69, 9.17) is 27.9 Å². The molecule has 5 nitrogen and oxygen atoms in total. The lowest BCUT2D eigenvalue weighted by molar-refractivity contribution is -0.115. The highest BCUT2D eigenvalue weighted by Gasteiger charge is 2.13. The monoisotopic (exact) mass is 428 g/mol. The van der Waals surface area contributed by atoms with Crippen LogP contribution in [-0.4, -0.2) is 18.4 Å². The fraction of sp³-hybridized carbons (Fsp3) is 0.0909. The summed E-state index contributed by atoms with van der Waals surface area (Å²) in [5.74, 6) is 0.297. The first-order valence-electron chi connectivity index (χ1n) is 8.79. The maximum atomic E-state index is 12.3. The van der Waals surface area contributed by atoms with Crippen LogP contribution in [0.25, 0.3) is 0 Å². The van der Waals surface area contributed by atoms with Gasteiger partial charge in [-0.05, 0) is 55.0 Å². The molecule has 0 unspecified atom stereocenters. The second-order valence-corrected chi connectivity index (χ2v) is 7.11. The smallest absolute Gasteiger partial charge is 0.253 e. The molecule has 0 aliphatic heterocycles. The second-order valence-electron chi connectivity index (χ2n) is 6.27. The number of rotatable bonds is 6. The first-order chi connectivity index (χ1) is 13.9. The Morgan fingerprint density at radius 2 is 1.76 bits per heavy atom. The largest absolute Gasteiger partial charge is 0.455 e. The van der Waals surface area contributed by atoms with Crippen LogP contribution in [0.3, 0.4) is 0 Å². The molecule has 0 radical (unpaired) electrons. The lowest BCUT2D eigenvalue weighted by atomic mass is 10.2. The molecule has 0 fully saturated rings. The van der Waals surface area contributed by atoms with Gasteiger partial charge in [-0.1, -0.05) is 47.5 Å². The Morgan fingerprint density at radius 1 is 0.966 bits per heavy atom. The molecular formula is C22H18Cl2N2O3. The highest BCUT2D eigenvalue weighted by atomic mass is 35.5. The van der Waals surface area contributed by atoms with Gasteiger partial charge in [0.25, 0.3) is 5.91 Å². The molecule has 3 rings (SSSR count). The van der Waals surface area contributed by atoms with Crippen LogP contribution in [0, 0.1) is 6.92 Å². The quantitative estimate of drug-likeness (QED) is 0.547. The van der Waals surface area contributed by atoms with Crippen molar-refractivity contribution in [1.29, 1.82) is 0 Å². The van der Waals surface area contributed by atoms with Crippen molar-refractivity contribution >= 4 is 40.7 Å². The molecule has 0 saturated heterocycles. The first-order valence-corrected chi connectivity index (χ1v) is 9.54. The number of para-hydroxylation sites is 2. The number of halogens is 2. The Balaban J connectivity index is 1.63. The minimum atomic E-state index is -0.467. The van der Waals surface area contributed by atoms with Crippen molar-refractivity contribution in [1.82, 2.24) is 5.32 Å². The zero-order valence-corrected chi connectivity index (χ0v) is 17.1. The summed E-state index contributed by atoms with van der Waals surface area (Å²) >= 11 is 11.8. The molecule has 7 heteroatoms. The van der Waals surface area contributed by atoms with E-state index < -0.39 is 11.8 Å². The van der Waals surface area contributed by atoms with E-state index >= 15 is 0 Å². The van der Waals surface area contributed by atoms with E-state index in [-0.39, 0.29) is 17.1 Å². The number of amides is 2. The van der Waals surface area contributed by atoms with Gasteiger partial charge in [0, 0.05) is 5.02 Å². The molecule has 29 heavy (non-hydrogen) atoms. The van der Waals surface area contributed by atoms with E-state index in [2.05, 4.69) is 10.6 Å². The Bertz CT molecular complexity index is 1050. The molecule has 0 heterocycles. The molecular weight excluding hydrogens is 411 g/mol. The summed E-state index contributed by atoms with van der Waals surface area (Å²) in [7, 11) is 0. The van der Waals surface area contributed by atoms with Crippen LogP contribution in [-0.2, 0) is 4.79 Å². The van der Waals surface area contributed by atoms with E-state index in [9.17, 15) is 9.59 Å². The lowest BCUT2D eigenvalue weighted by Gasteiger charge is -2.13. The number of hydrogen-bond acceptors (Lipinski definition) is 3. The van der Waals surface area contributed by atoms with E-state index in [1.165, 1.54) is 12.1 Å². The summed E-state index contributed by atoms with van der Waals surface area (Å²) in [4.78, 5) is 24.5. The summed E-state index contributed by atoms with van der Waals surface area (Å²) in [6.07, 6.45) is 0. The SMILES string of the molecule is Cc1cccc(Oc2ccccc2NC(=O)CNC(=O)c2ccc(Cl)cc2Cl)c1. The maximum absolute atomic E-state index is 12.3. The van der Waals surface area contributed by atoms with Gasteiger partial charge in [-0.2, -0.15) is 0 Å². The molecule has 3 aromatic rings. The van der Waals surface area contributed by atoms with Crippen molar-refractivity contribution in [3.05, 3.63) is 87.9 Å². The fourth-order valence-corrected chi connectivity index (χ4v) is 3.08. The van der Waals surface area contributed by atoms with Gasteiger partial charge in [0.05, 0.1) is 22.8 Å². The third-order valence-electron chi connectivity index (χ3n) is 3.96. The minimum absolute atomic E-state index is 0.215. The van der Waals surface area contributed by atoms with Gasteiger partial charge in [-0.15, -0.1) is 0 Å². The third-order valence-corrected chi connectivity index (χ3v) is 4.51. The summed E-state index contributed by atoms with van der Waals surface area (Å²) in [5, 5.41) is 5.92. The highest BCUT2D eigenvalue weighted by molar-refractivity contribution is 6.36. The zero-order chi connectivity index (χ0) is 20.8. The Morgan fingerprint density at radius 3 is 2.52 bits per heavy atom. The van der Waals surface area contributed by atoms with Crippen LogP contribution in [0.5, 0.6) is 11.5 Å². The molecule has 0 aliphatic carbocycles. The Kier molecular flexibility index (Phi) is 6.75. The van der Waals surface area contributed by atoms with Crippen LogP contribution >= 0.6 is 23.2 Å². The minimum Gasteiger partial charge on any atom is -0.455 e. The Hall–Kier alpha value is -3.02. The van der Waals surface area contributed by atoms with Crippen molar-refractivity contribution in [2.45, 2.75) is 6.92 Å².